The van der Waals surface area contributed by atoms with Crippen LogP contribution in [-0.4, -0.2) is 41.9 Å². The van der Waals surface area contributed by atoms with Gasteiger partial charge in [0.1, 0.15) is 0 Å². The molecule has 1 aliphatic rings. The van der Waals surface area contributed by atoms with Gasteiger partial charge in [0, 0.05) is 12.1 Å². The minimum absolute atomic E-state index is 0.0716. The zero-order valence-corrected chi connectivity index (χ0v) is 12.2. The van der Waals surface area contributed by atoms with Crippen LogP contribution in [0.25, 0.3) is 0 Å². The van der Waals surface area contributed by atoms with Gasteiger partial charge < -0.3 is 0 Å². The zero-order chi connectivity index (χ0) is 12.8. The average molecular weight is 247 g/mol. The Labute approximate surface area is 100 Å². The maximum absolute atomic E-state index is 12.3. The Kier molecular flexibility index (Phi) is 3.48. The summed E-state index contributed by atoms with van der Waals surface area (Å²) >= 11 is 0. The highest BCUT2D eigenvalue weighted by Crippen LogP contribution is 2.30. The summed E-state index contributed by atoms with van der Waals surface area (Å²) in [6.45, 7) is 13.4. The van der Waals surface area contributed by atoms with Crippen LogP contribution in [0.1, 0.15) is 48.0 Å². The summed E-state index contributed by atoms with van der Waals surface area (Å²) < 4.78 is 24.0. The number of sulfone groups is 1. The summed E-state index contributed by atoms with van der Waals surface area (Å²) in [6, 6.07) is 0. The van der Waals surface area contributed by atoms with Crippen molar-refractivity contribution in [1.29, 1.82) is 0 Å². The van der Waals surface area contributed by atoms with Crippen LogP contribution in [0.15, 0.2) is 0 Å². The van der Waals surface area contributed by atoms with Crippen molar-refractivity contribution in [3.05, 3.63) is 0 Å². The molecule has 0 spiro atoms. The monoisotopic (exact) mass is 247 g/mol. The molecular formula is C12H25NO2S. The van der Waals surface area contributed by atoms with Crippen molar-refractivity contribution in [2.45, 2.75) is 63.5 Å². The summed E-state index contributed by atoms with van der Waals surface area (Å²) in [5.74, 6) is 0. The molecule has 0 radical (unpaired) electrons. The van der Waals surface area contributed by atoms with Crippen molar-refractivity contribution in [3.8, 4) is 0 Å². The van der Waals surface area contributed by atoms with Gasteiger partial charge in [-0.05, 0) is 54.5 Å². The Balaban J connectivity index is 2.83. The van der Waals surface area contributed by atoms with E-state index in [1.165, 1.54) is 0 Å². The number of likely N-dealkylation sites (tertiary alicyclic amines) is 1. The molecule has 0 amide bonds. The van der Waals surface area contributed by atoms with Gasteiger partial charge >= 0.3 is 0 Å². The molecule has 1 saturated heterocycles. The molecule has 0 saturated carbocycles. The quantitative estimate of drug-likeness (QED) is 0.712. The van der Waals surface area contributed by atoms with Gasteiger partial charge in [-0.1, -0.05) is 0 Å². The lowest BCUT2D eigenvalue weighted by Gasteiger charge is -2.32. The van der Waals surface area contributed by atoms with E-state index in [-0.39, 0.29) is 10.8 Å². The minimum Gasteiger partial charge on any atom is -0.297 e. The van der Waals surface area contributed by atoms with Crippen molar-refractivity contribution < 1.29 is 8.42 Å². The van der Waals surface area contributed by atoms with Gasteiger partial charge in [0.15, 0.2) is 9.84 Å². The molecule has 16 heavy (non-hydrogen) atoms. The molecule has 1 atom stereocenters. The highest BCUT2D eigenvalue weighted by atomic mass is 32.2. The normalized spacial score (nSPS) is 25.0. The topological polar surface area (TPSA) is 37.4 Å². The van der Waals surface area contributed by atoms with E-state index in [0.717, 1.165) is 13.0 Å². The molecule has 3 nitrogen and oxygen atoms in total. The van der Waals surface area contributed by atoms with E-state index in [9.17, 15) is 8.42 Å². The summed E-state index contributed by atoms with van der Waals surface area (Å²) in [5.41, 5.74) is 0.0716. The largest absolute Gasteiger partial charge is 0.297 e. The van der Waals surface area contributed by atoms with Crippen molar-refractivity contribution in [1.82, 2.24) is 4.90 Å². The lowest BCUT2D eigenvalue weighted by atomic mass is 10.1. The first-order chi connectivity index (χ1) is 6.96. The van der Waals surface area contributed by atoms with Gasteiger partial charge in [-0.15, -0.1) is 0 Å². The van der Waals surface area contributed by atoms with Gasteiger partial charge in [0.25, 0.3) is 0 Å². The second kappa shape index (κ2) is 3.98. The molecule has 1 aliphatic heterocycles. The molecule has 1 heterocycles. The van der Waals surface area contributed by atoms with E-state index < -0.39 is 14.6 Å². The number of hydrogen-bond donors (Lipinski definition) is 0. The Bertz CT molecular complexity index is 346. The fraction of sp³-hybridized carbons (Fsp3) is 1.00. The fourth-order valence-corrected chi connectivity index (χ4v) is 3.88. The molecule has 1 fully saturated rings. The molecule has 4 heteroatoms. The van der Waals surface area contributed by atoms with Crippen molar-refractivity contribution in [2.24, 2.45) is 0 Å². The number of hydrogen-bond acceptors (Lipinski definition) is 3. The van der Waals surface area contributed by atoms with Crippen LogP contribution in [0.3, 0.4) is 0 Å². The first kappa shape index (κ1) is 14.0. The first-order valence-corrected chi connectivity index (χ1v) is 7.49. The predicted molar refractivity (Wildman–Crippen MR) is 68.4 cm³/mol. The standard InChI is InChI=1S/C12H25NO2S/c1-11(2,3)13-8-7-10(9-13)16(14,15)12(4,5)6/h10H,7-9H2,1-6H3. The van der Waals surface area contributed by atoms with Crippen LogP contribution in [0.4, 0.5) is 0 Å². The smallest absolute Gasteiger partial charge is 0.159 e. The van der Waals surface area contributed by atoms with E-state index >= 15 is 0 Å². The van der Waals surface area contributed by atoms with Crippen molar-refractivity contribution >= 4 is 9.84 Å². The summed E-state index contributed by atoms with van der Waals surface area (Å²) in [6.07, 6.45) is 0.775. The molecule has 0 aromatic carbocycles. The van der Waals surface area contributed by atoms with Crippen LogP contribution in [0.2, 0.25) is 0 Å². The number of nitrogens with zero attached hydrogens (tertiary/aromatic N) is 1. The Morgan fingerprint density at radius 2 is 1.56 bits per heavy atom. The van der Waals surface area contributed by atoms with E-state index in [0.29, 0.717) is 6.54 Å². The SMILES string of the molecule is CC(C)(C)N1CCC(S(=O)(=O)C(C)(C)C)C1. The molecule has 0 bridgehead atoms. The van der Waals surface area contributed by atoms with Gasteiger partial charge in [-0.25, -0.2) is 8.42 Å². The van der Waals surface area contributed by atoms with Crippen molar-refractivity contribution in [3.63, 3.8) is 0 Å². The predicted octanol–water partition coefficient (Wildman–Crippen LogP) is 2.07. The highest BCUT2D eigenvalue weighted by molar-refractivity contribution is 7.93. The van der Waals surface area contributed by atoms with Crippen LogP contribution < -0.4 is 0 Å². The summed E-state index contributed by atoms with van der Waals surface area (Å²) in [5, 5.41) is -0.188. The fourth-order valence-electron chi connectivity index (χ4n) is 2.09. The third-order valence-electron chi connectivity index (χ3n) is 3.39. The van der Waals surface area contributed by atoms with E-state index in [1.807, 2.05) is 0 Å². The van der Waals surface area contributed by atoms with Crippen LogP contribution >= 0.6 is 0 Å². The Hall–Kier alpha value is -0.0900. The highest BCUT2D eigenvalue weighted by Gasteiger charge is 2.42. The van der Waals surface area contributed by atoms with Crippen LogP contribution in [0, 0.1) is 0 Å². The lowest BCUT2D eigenvalue weighted by molar-refractivity contribution is 0.175. The van der Waals surface area contributed by atoms with E-state index in [1.54, 1.807) is 20.8 Å². The van der Waals surface area contributed by atoms with E-state index in [4.69, 9.17) is 0 Å². The first-order valence-electron chi connectivity index (χ1n) is 5.95. The maximum atomic E-state index is 12.3. The van der Waals surface area contributed by atoms with Gasteiger partial charge in [-0.2, -0.15) is 0 Å². The van der Waals surface area contributed by atoms with Gasteiger partial charge in [-0.3, -0.25) is 4.90 Å². The molecule has 0 aromatic heterocycles. The second-order valence-corrected chi connectivity index (χ2v) is 9.67. The Morgan fingerprint density at radius 3 is 1.88 bits per heavy atom. The zero-order valence-electron chi connectivity index (χ0n) is 11.4. The number of rotatable bonds is 1. The van der Waals surface area contributed by atoms with Crippen LogP contribution in [0.5, 0.6) is 0 Å². The van der Waals surface area contributed by atoms with E-state index in [2.05, 4.69) is 25.7 Å². The average Bonchev–Trinajstić information content (AvgIpc) is 2.47. The maximum Gasteiger partial charge on any atom is 0.159 e. The molecule has 1 rings (SSSR count). The lowest BCUT2D eigenvalue weighted by Crippen LogP contribution is -2.43. The molecule has 1 unspecified atom stereocenters. The van der Waals surface area contributed by atoms with Gasteiger partial charge in [0.05, 0.1) is 10.00 Å². The summed E-state index contributed by atoms with van der Waals surface area (Å²) in [4.78, 5) is 2.26. The second-order valence-electron chi connectivity index (χ2n) is 6.68. The summed E-state index contributed by atoms with van der Waals surface area (Å²) in [7, 11) is -3.01. The molecule has 0 aromatic rings. The molecule has 0 N–H and O–H groups in total. The molecule has 0 aliphatic carbocycles. The molecule has 96 valence electrons. The molecular weight excluding hydrogens is 222 g/mol. The Morgan fingerprint density at radius 1 is 1.06 bits per heavy atom. The minimum atomic E-state index is -3.01. The van der Waals surface area contributed by atoms with Crippen molar-refractivity contribution in [2.75, 3.05) is 13.1 Å². The van der Waals surface area contributed by atoms with Gasteiger partial charge in [0.2, 0.25) is 0 Å². The third kappa shape index (κ3) is 2.59. The van der Waals surface area contributed by atoms with Crippen LogP contribution in [-0.2, 0) is 9.84 Å². The third-order valence-corrected chi connectivity index (χ3v) is 6.36.